The number of piperazine rings is 1. The normalized spacial score (nSPS) is 23.9. The van der Waals surface area contributed by atoms with E-state index in [2.05, 4.69) is 4.90 Å². The molecule has 1 atom stereocenters. The first-order valence-electron chi connectivity index (χ1n) is 13.1. The maximum absolute atomic E-state index is 13.7. The van der Waals surface area contributed by atoms with Crippen LogP contribution in [-0.2, 0) is 25.3 Å². The summed E-state index contributed by atoms with van der Waals surface area (Å²) in [6.45, 7) is 7.19. The second-order valence-corrected chi connectivity index (χ2v) is 10.8. The highest BCUT2D eigenvalue weighted by Gasteiger charge is 2.57. The van der Waals surface area contributed by atoms with E-state index in [1.54, 1.807) is 11.0 Å². The largest absolute Gasteiger partial charge is 0.449 e. The van der Waals surface area contributed by atoms with Crippen molar-refractivity contribution in [3.63, 3.8) is 0 Å². The van der Waals surface area contributed by atoms with Gasteiger partial charge in [-0.1, -0.05) is 24.3 Å². The van der Waals surface area contributed by atoms with Gasteiger partial charge < -0.3 is 24.2 Å². The summed E-state index contributed by atoms with van der Waals surface area (Å²) in [5.41, 5.74) is 1.16. The lowest BCUT2D eigenvalue weighted by atomic mass is 9.91. The van der Waals surface area contributed by atoms with Crippen LogP contribution in [0.5, 0.6) is 0 Å². The molecule has 3 aliphatic heterocycles. The van der Waals surface area contributed by atoms with Crippen LogP contribution < -0.4 is 4.90 Å². The molecule has 3 fully saturated rings. The minimum absolute atomic E-state index is 0.0941. The van der Waals surface area contributed by atoms with Crippen molar-refractivity contribution in [1.82, 2.24) is 14.8 Å². The lowest BCUT2D eigenvalue weighted by Crippen LogP contribution is -2.49. The number of esters is 1. The summed E-state index contributed by atoms with van der Waals surface area (Å²) in [6, 6.07) is 11.5. The van der Waals surface area contributed by atoms with Gasteiger partial charge >= 0.3 is 12.1 Å². The second kappa shape index (κ2) is 8.75. The topological polar surface area (TPSA) is 92.3 Å². The third kappa shape index (κ3) is 4.01. The Morgan fingerprint density at radius 1 is 0.973 bits per heavy atom. The zero-order chi connectivity index (χ0) is 25.8. The highest BCUT2D eigenvalue weighted by atomic mass is 16.6. The van der Waals surface area contributed by atoms with Crippen molar-refractivity contribution in [1.29, 1.82) is 0 Å². The summed E-state index contributed by atoms with van der Waals surface area (Å²) in [7, 11) is 0. The van der Waals surface area contributed by atoms with Crippen LogP contribution in [0.25, 0.3) is 0 Å². The number of aromatic nitrogens is 1. The molecule has 194 valence electrons. The fourth-order valence-electron chi connectivity index (χ4n) is 5.91. The van der Waals surface area contributed by atoms with Crippen molar-refractivity contribution >= 4 is 23.8 Å². The van der Waals surface area contributed by atoms with E-state index < -0.39 is 11.0 Å². The number of amides is 2. The van der Waals surface area contributed by atoms with Crippen molar-refractivity contribution < 1.29 is 23.9 Å². The van der Waals surface area contributed by atoms with Crippen LogP contribution in [0, 0.1) is 0 Å². The summed E-state index contributed by atoms with van der Waals surface area (Å²) >= 11 is 0. The first-order valence-corrected chi connectivity index (χ1v) is 13.1. The molecule has 2 saturated heterocycles. The molecule has 4 heterocycles. The van der Waals surface area contributed by atoms with Crippen LogP contribution in [0.2, 0.25) is 0 Å². The number of hydrogen-bond acceptors (Lipinski definition) is 7. The molecular formula is C28H32N4O5. The molecule has 2 amide bonds. The second-order valence-electron chi connectivity index (χ2n) is 10.8. The van der Waals surface area contributed by atoms with Crippen molar-refractivity contribution in [3.8, 4) is 0 Å². The van der Waals surface area contributed by atoms with E-state index in [0.29, 0.717) is 51.3 Å². The quantitative estimate of drug-likeness (QED) is 0.591. The SMILES string of the molecule is CC(C)OC(=O)N1CCN(c2ccc(C3(C(=O)N4CC[C@@]5(C4)OC(=O)c4ccccc45)CC3)cn2)CC1. The van der Waals surface area contributed by atoms with Crippen LogP contribution in [0.4, 0.5) is 10.6 Å². The van der Waals surface area contributed by atoms with E-state index in [9.17, 15) is 14.4 Å². The van der Waals surface area contributed by atoms with Crippen LogP contribution in [0.1, 0.15) is 54.6 Å². The third-order valence-electron chi connectivity index (χ3n) is 8.10. The number of pyridine rings is 1. The van der Waals surface area contributed by atoms with Gasteiger partial charge in [-0.3, -0.25) is 4.79 Å². The van der Waals surface area contributed by atoms with Gasteiger partial charge in [0.05, 0.1) is 23.6 Å². The number of fused-ring (bicyclic) bond motifs is 2. The Kier molecular flexibility index (Phi) is 5.62. The number of benzene rings is 1. The van der Waals surface area contributed by atoms with E-state index in [-0.39, 0.29) is 24.1 Å². The summed E-state index contributed by atoms with van der Waals surface area (Å²) in [6.07, 6.45) is 3.63. The Labute approximate surface area is 216 Å². The van der Waals surface area contributed by atoms with E-state index in [1.165, 1.54) is 0 Å². The summed E-state index contributed by atoms with van der Waals surface area (Å²) < 4.78 is 11.1. The Morgan fingerprint density at radius 2 is 1.73 bits per heavy atom. The van der Waals surface area contributed by atoms with Gasteiger partial charge in [-0.05, 0) is 44.4 Å². The molecule has 9 heteroatoms. The van der Waals surface area contributed by atoms with Gasteiger partial charge in [0.2, 0.25) is 5.91 Å². The van der Waals surface area contributed by atoms with E-state index in [0.717, 1.165) is 29.8 Å². The van der Waals surface area contributed by atoms with E-state index in [4.69, 9.17) is 14.5 Å². The molecule has 2 aromatic rings. The molecule has 0 N–H and O–H groups in total. The number of carbonyl (C=O) groups is 3. The monoisotopic (exact) mass is 504 g/mol. The van der Waals surface area contributed by atoms with Crippen molar-refractivity contribution in [3.05, 3.63) is 59.3 Å². The first kappa shape index (κ1) is 23.8. The minimum Gasteiger partial charge on any atom is -0.449 e. The van der Waals surface area contributed by atoms with Gasteiger partial charge in [-0.2, -0.15) is 0 Å². The predicted molar refractivity (Wildman–Crippen MR) is 135 cm³/mol. The van der Waals surface area contributed by atoms with Crippen LogP contribution in [0.3, 0.4) is 0 Å². The predicted octanol–water partition coefficient (Wildman–Crippen LogP) is 3.08. The average Bonchev–Trinajstić information content (AvgIpc) is 3.54. The van der Waals surface area contributed by atoms with Crippen LogP contribution in [-0.4, -0.2) is 78.1 Å². The molecule has 1 saturated carbocycles. The molecule has 37 heavy (non-hydrogen) atoms. The molecule has 6 rings (SSSR count). The highest BCUT2D eigenvalue weighted by molar-refractivity contribution is 5.96. The lowest BCUT2D eigenvalue weighted by Gasteiger charge is -2.35. The molecular weight excluding hydrogens is 472 g/mol. The summed E-state index contributed by atoms with van der Waals surface area (Å²) in [4.78, 5) is 48.8. The van der Waals surface area contributed by atoms with Gasteiger partial charge in [0.15, 0.2) is 5.60 Å². The number of anilines is 1. The fourth-order valence-corrected chi connectivity index (χ4v) is 5.91. The molecule has 1 aliphatic carbocycles. The van der Waals surface area contributed by atoms with Crippen LogP contribution >= 0.6 is 0 Å². The Bertz CT molecular complexity index is 1230. The van der Waals surface area contributed by atoms with Gasteiger partial charge in [0.1, 0.15) is 5.82 Å². The standard InChI is InChI=1S/C28H32N4O5/c1-19(2)36-26(35)31-15-13-30(14-16-31)23-8-7-20(17-29-23)27(9-10-27)25(34)32-12-11-28(18-32)22-6-4-3-5-21(22)24(33)37-28/h3-8,17,19H,9-16,18H2,1-2H3/t28-/m0/s1. The zero-order valence-corrected chi connectivity index (χ0v) is 21.3. The molecule has 1 spiro atoms. The van der Waals surface area contributed by atoms with Crippen molar-refractivity contribution in [2.75, 3.05) is 44.2 Å². The molecule has 9 nitrogen and oxygen atoms in total. The fraction of sp³-hybridized carbons (Fsp3) is 0.500. The number of hydrogen-bond donors (Lipinski definition) is 0. The van der Waals surface area contributed by atoms with Crippen molar-refractivity contribution in [2.45, 2.75) is 50.2 Å². The molecule has 0 radical (unpaired) electrons. The number of rotatable bonds is 4. The Hall–Kier alpha value is -3.62. The molecule has 1 aromatic heterocycles. The van der Waals surface area contributed by atoms with Crippen molar-refractivity contribution in [2.24, 2.45) is 0 Å². The van der Waals surface area contributed by atoms with E-state index >= 15 is 0 Å². The summed E-state index contributed by atoms with van der Waals surface area (Å²) in [5.74, 6) is 0.638. The number of likely N-dealkylation sites (tertiary alicyclic amines) is 1. The van der Waals surface area contributed by atoms with Gasteiger partial charge in [-0.15, -0.1) is 0 Å². The van der Waals surface area contributed by atoms with Crippen LogP contribution in [0.15, 0.2) is 42.6 Å². The number of ether oxygens (including phenoxy) is 2. The number of carbonyl (C=O) groups excluding carboxylic acids is 3. The molecule has 0 unspecified atom stereocenters. The molecule has 0 bridgehead atoms. The number of nitrogens with zero attached hydrogens (tertiary/aromatic N) is 4. The maximum atomic E-state index is 13.7. The Balaban J connectivity index is 1.11. The third-order valence-corrected chi connectivity index (χ3v) is 8.10. The maximum Gasteiger partial charge on any atom is 0.410 e. The smallest absolute Gasteiger partial charge is 0.410 e. The Morgan fingerprint density at radius 3 is 2.41 bits per heavy atom. The molecule has 1 aromatic carbocycles. The average molecular weight is 505 g/mol. The highest BCUT2D eigenvalue weighted by Crippen LogP contribution is 2.52. The minimum atomic E-state index is -0.731. The van der Waals surface area contributed by atoms with Gasteiger partial charge in [0, 0.05) is 50.9 Å². The summed E-state index contributed by atoms with van der Waals surface area (Å²) in [5, 5.41) is 0. The zero-order valence-electron chi connectivity index (χ0n) is 21.3. The first-order chi connectivity index (χ1) is 17.8. The van der Waals surface area contributed by atoms with Gasteiger partial charge in [0.25, 0.3) is 0 Å². The molecule has 4 aliphatic rings. The lowest BCUT2D eigenvalue weighted by molar-refractivity contribution is -0.134. The van der Waals surface area contributed by atoms with E-state index in [1.807, 2.05) is 55.3 Å². The van der Waals surface area contributed by atoms with Gasteiger partial charge in [-0.25, -0.2) is 14.6 Å².